The second-order valence-electron chi connectivity index (χ2n) is 6.86. The number of urea groups is 1. The number of nitrogens with zero attached hydrogens (tertiary/aromatic N) is 5. The van der Waals surface area contributed by atoms with Crippen molar-refractivity contribution in [1.82, 2.24) is 19.4 Å². The van der Waals surface area contributed by atoms with E-state index in [0.717, 1.165) is 0 Å². The predicted octanol–water partition coefficient (Wildman–Crippen LogP) is 3.07. The molecular formula is C20H20BrFN6O2. The molecule has 8 nitrogen and oxygen atoms in total. The zero-order valence-corrected chi connectivity index (χ0v) is 17.9. The van der Waals surface area contributed by atoms with Gasteiger partial charge in [0.1, 0.15) is 11.3 Å². The van der Waals surface area contributed by atoms with Crippen LogP contribution in [0.3, 0.4) is 0 Å². The zero-order chi connectivity index (χ0) is 21.3. The molecule has 1 saturated heterocycles. The maximum absolute atomic E-state index is 14.0. The molecule has 1 aliphatic heterocycles. The Balaban J connectivity index is 1.49. The van der Waals surface area contributed by atoms with E-state index in [1.807, 2.05) is 17.9 Å². The molecule has 2 amide bonds. The molecule has 0 unspecified atom stereocenters. The first kappa shape index (κ1) is 20.3. The number of aromatic nitrogens is 3. The molecule has 4 rings (SSSR count). The summed E-state index contributed by atoms with van der Waals surface area (Å²) >= 11 is 3.19. The van der Waals surface area contributed by atoms with Crippen LogP contribution < -0.4 is 15.8 Å². The Morgan fingerprint density at radius 3 is 2.70 bits per heavy atom. The molecule has 0 bridgehead atoms. The van der Waals surface area contributed by atoms with Gasteiger partial charge in [-0.2, -0.15) is 0 Å². The number of nitrogens with one attached hydrogen (secondary N) is 1. The van der Waals surface area contributed by atoms with Gasteiger partial charge < -0.3 is 15.1 Å². The van der Waals surface area contributed by atoms with E-state index >= 15 is 0 Å². The highest BCUT2D eigenvalue weighted by Gasteiger charge is 2.25. The van der Waals surface area contributed by atoms with Crippen LogP contribution in [0.15, 0.2) is 45.8 Å². The highest BCUT2D eigenvalue weighted by molar-refractivity contribution is 9.10. The van der Waals surface area contributed by atoms with Crippen molar-refractivity contribution in [1.29, 1.82) is 0 Å². The van der Waals surface area contributed by atoms with Crippen LogP contribution in [0.4, 0.5) is 20.7 Å². The molecule has 10 heteroatoms. The van der Waals surface area contributed by atoms with E-state index in [1.54, 1.807) is 27.8 Å². The lowest BCUT2D eigenvalue weighted by atomic mass is 10.3. The number of anilines is 2. The molecule has 0 spiro atoms. The molecule has 0 aliphatic carbocycles. The number of carbonyl (C=O) groups excluding carboxylic acids is 1. The van der Waals surface area contributed by atoms with Gasteiger partial charge in [0.25, 0.3) is 5.56 Å². The van der Waals surface area contributed by atoms with Crippen LogP contribution >= 0.6 is 15.9 Å². The molecule has 1 N–H and O–H groups in total. The minimum atomic E-state index is -0.509. The molecular weight excluding hydrogens is 455 g/mol. The van der Waals surface area contributed by atoms with Crippen LogP contribution in [0, 0.1) is 5.82 Å². The summed E-state index contributed by atoms with van der Waals surface area (Å²) < 4.78 is 16.2. The van der Waals surface area contributed by atoms with Gasteiger partial charge >= 0.3 is 6.03 Å². The number of pyridine rings is 1. The van der Waals surface area contributed by atoms with Crippen LogP contribution in [0.2, 0.25) is 0 Å². The Morgan fingerprint density at radius 1 is 1.23 bits per heavy atom. The normalized spacial score (nSPS) is 14.2. The third kappa shape index (κ3) is 3.87. The highest BCUT2D eigenvalue weighted by Crippen LogP contribution is 2.20. The van der Waals surface area contributed by atoms with Gasteiger partial charge in [0.15, 0.2) is 11.5 Å². The molecule has 0 radical (unpaired) electrons. The molecule has 1 aromatic carbocycles. The average Bonchev–Trinajstić information content (AvgIpc) is 2.75. The first-order chi connectivity index (χ1) is 14.5. The van der Waals surface area contributed by atoms with E-state index in [4.69, 9.17) is 0 Å². The molecule has 2 aromatic heterocycles. The van der Waals surface area contributed by atoms with Crippen molar-refractivity contribution in [3.63, 3.8) is 0 Å². The van der Waals surface area contributed by atoms with Crippen LogP contribution in [0.5, 0.6) is 0 Å². The topological polar surface area (TPSA) is 83.4 Å². The standard InChI is InChI=1S/C20H20BrFN6O2/c1-2-28-17-16(4-3-7-23-17)24-18(19(28)29)26-8-10-27(11-9-26)20(30)25-15-6-5-13(21)12-14(15)22/h3-7,12H,2,8-11H2,1H3,(H,25,30). The van der Waals surface area contributed by atoms with E-state index in [-0.39, 0.29) is 17.3 Å². The number of rotatable bonds is 3. The van der Waals surface area contributed by atoms with Crippen molar-refractivity contribution in [3.05, 3.63) is 57.2 Å². The molecule has 3 aromatic rings. The number of piperazine rings is 1. The minimum absolute atomic E-state index is 0.125. The number of carbonyl (C=O) groups is 1. The first-order valence-corrected chi connectivity index (χ1v) is 10.4. The van der Waals surface area contributed by atoms with Crippen molar-refractivity contribution in [3.8, 4) is 0 Å². The highest BCUT2D eigenvalue weighted by atomic mass is 79.9. The summed E-state index contributed by atoms with van der Waals surface area (Å²) in [5.41, 5.74) is 1.14. The number of fused-ring (bicyclic) bond motifs is 1. The van der Waals surface area contributed by atoms with E-state index in [0.29, 0.717) is 54.2 Å². The van der Waals surface area contributed by atoms with E-state index in [2.05, 4.69) is 31.2 Å². The average molecular weight is 475 g/mol. The zero-order valence-electron chi connectivity index (χ0n) is 16.3. The summed E-state index contributed by atoms with van der Waals surface area (Å²) in [5, 5.41) is 2.60. The monoisotopic (exact) mass is 474 g/mol. The third-order valence-electron chi connectivity index (χ3n) is 5.04. The quantitative estimate of drug-likeness (QED) is 0.630. The number of hydrogen-bond donors (Lipinski definition) is 1. The van der Waals surface area contributed by atoms with Crippen molar-refractivity contribution < 1.29 is 9.18 Å². The largest absolute Gasteiger partial charge is 0.348 e. The van der Waals surface area contributed by atoms with Gasteiger partial charge in [-0.3, -0.25) is 9.36 Å². The molecule has 3 heterocycles. The third-order valence-corrected chi connectivity index (χ3v) is 5.53. The Kier molecular flexibility index (Phi) is 5.67. The van der Waals surface area contributed by atoms with Gasteiger partial charge in [0, 0.05) is 43.4 Å². The van der Waals surface area contributed by atoms with Crippen molar-refractivity contribution in [2.45, 2.75) is 13.5 Å². The van der Waals surface area contributed by atoms with Crippen LogP contribution in [-0.4, -0.2) is 51.6 Å². The van der Waals surface area contributed by atoms with Gasteiger partial charge in [-0.25, -0.2) is 19.2 Å². The molecule has 0 saturated carbocycles. The van der Waals surface area contributed by atoms with Crippen LogP contribution in [0.25, 0.3) is 11.2 Å². The predicted molar refractivity (Wildman–Crippen MR) is 116 cm³/mol. The summed E-state index contributed by atoms with van der Waals surface area (Å²) in [7, 11) is 0. The second-order valence-corrected chi connectivity index (χ2v) is 7.78. The maximum Gasteiger partial charge on any atom is 0.322 e. The number of aryl methyl sites for hydroxylation is 1. The SMILES string of the molecule is CCn1c(=O)c(N2CCN(C(=O)Nc3ccc(Br)cc3F)CC2)nc2cccnc21. The van der Waals surface area contributed by atoms with Gasteiger partial charge in [0.2, 0.25) is 0 Å². The number of hydrogen-bond acceptors (Lipinski definition) is 5. The van der Waals surface area contributed by atoms with E-state index in [1.165, 1.54) is 12.1 Å². The Hall–Kier alpha value is -3.01. The summed E-state index contributed by atoms with van der Waals surface area (Å²) in [5.74, 6) is -0.151. The number of amides is 2. The van der Waals surface area contributed by atoms with Crippen LogP contribution in [-0.2, 0) is 6.54 Å². The van der Waals surface area contributed by atoms with Crippen molar-refractivity contribution in [2.24, 2.45) is 0 Å². The lowest BCUT2D eigenvalue weighted by Crippen LogP contribution is -2.51. The summed E-state index contributed by atoms with van der Waals surface area (Å²) in [4.78, 5) is 37.7. The fourth-order valence-electron chi connectivity index (χ4n) is 3.47. The lowest BCUT2D eigenvalue weighted by Gasteiger charge is -2.35. The van der Waals surface area contributed by atoms with Gasteiger partial charge in [-0.1, -0.05) is 15.9 Å². The van der Waals surface area contributed by atoms with Gasteiger partial charge in [-0.15, -0.1) is 0 Å². The van der Waals surface area contributed by atoms with Crippen molar-refractivity contribution in [2.75, 3.05) is 36.4 Å². The van der Waals surface area contributed by atoms with E-state index < -0.39 is 5.82 Å². The smallest absolute Gasteiger partial charge is 0.322 e. The Bertz CT molecular complexity index is 1160. The summed E-state index contributed by atoms with van der Waals surface area (Å²) in [6.07, 6.45) is 1.64. The summed E-state index contributed by atoms with van der Waals surface area (Å²) in [6.45, 7) is 4.07. The molecule has 1 aliphatic rings. The Labute approximate surface area is 180 Å². The van der Waals surface area contributed by atoms with Gasteiger partial charge in [0.05, 0.1) is 5.69 Å². The van der Waals surface area contributed by atoms with Crippen LogP contribution in [0.1, 0.15) is 6.92 Å². The number of benzene rings is 1. The summed E-state index contributed by atoms with van der Waals surface area (Å²) in [6, 6.07) is 7.70. The molecule has 0 atom stereocenters. The second kappa shape index (κ2) is 8.39. The first-order valence-electron chi connectivity index (χ1n) is 9.59. The minimum Gasteiger partial charge on any atom is -0.348 e. The molecule has 1 fully saturated rings. The van der Waals surface area contributed by atoms with Crippen molar-refractivity contribution >= 4 is 44.6 Å². The fourth-order valence-corrected chi connectivity index (χ4v) is 3.80. The van der Waals surface area contributed by atoms with E-state index in [9.17, 15) is 14.0 Å². The molecule has 30 heavy (non-hydrogen) atoms. The maximum atomic E-state index is 14.0. The fraction of sp³-hybridized carbons (Fsp3) is 0.300. The lowest BCUT2D eigenvalue weighted by molar-refractivity contribution is 0.208. The Morgan fingerprint density at radius 2 is 2.00 bits per heavy atom. The molecule has 156 valence electrons. The van der Waals surface area contributed by atoms with Gasteiger partial charge in [-0.05, 0) is 37.3 Å². The number of halogens is 2.